The number of nitrogens with zero attached hydrogens (tertiary/aromatic N) is 1. The van der Waals surface area contributed by atoms with Crippen molar-refractivity contribution in [3.8, 4) is 11.5 Å². The first kappa shape index (κ1) is 18.9. The van der Waals surface area contributed by atoms with Gasteiger partial charge in [-0.1, -0.05) is 6.07 Å². The number of halogens is 2. The second-order valence-electron chi connectivity index (χ2n) is 4.97. The molecule has 2 aromatic carbocycles. The molecule has 0 aliphatic carbocycles. The fourth-order valence-electron chi connectivity index (χ4n) is 2.07. The van der Waals surface area contributed by atoms with Crippen LogP contribution in [0.2, 0.25) is 0 Å². The first-order valence-electron chi connectivity index (χ1n) is 7.14. The van der Waals surface area contributed by atoms with E-state index in [9.17, 15) is 23.7 Å². The number of anilines is 1. The number of hydrogen-bond donors (Lipinski definition) is 1. The monoisotopic (exact) mass is 368 g/mol. The maximum Gasteiger partial charge on any atom is 0.387 e. The van der Waals surface area contributed by atoms with Crippen LogP contribution in [0.1, 0.15) is 15.9 Å². The average molecular weight is 368 g/mol. The molecule has 26 heavy (non-hydrogen) atoms. The van der Waals surface area contributed by atoms with E-state index in [1.54, 1.807) is 0 Å². The molecule has 0 spiro atoms. The molecule has 0 heterocycles. The fraction of sp³-hybridized carbons (Fsp3) is 0.188. The van der Waals surface area contributed by atoms with Crippen LogP contribution < -0.4 is 15.2 Å². The van der Waals surface area contributed by atoms with Gasteiger partial charge in [0.2, 0.25) is 0 Å². The SMILES string of the molecule is COc1cc(COC(=O)c2ccc([N+](=O)[O-])cc2N)ccc1OC(F)F. The van der Waals surface area contributed by atoms with E-state index in [0.29, 0.717) is 5.56 Å². The molecule has 0 amide bonds. The molecule has 2 aromatic rings. The quantitative estimate of drug-likeness (QED) is 0.345. The first-order valence-corrected chi connectivity index (χ1v) is 7.14. The molecular weight excluding hydrogens is 354 g/mol. The Hall–Kier alpha value is -3.43. The minimum absolute atomic E-state index is 0.0276. The van der Waals surface area contributed by atoms with Crippen molar-refractivity contribution in [2.75, 3.05) is 12.8 Å². The lowest BCUT2D eigenvalue weighted by molar-refractivity contribution is -0.384. The van der Waals surface area contributed by atoms with Crippen LogP contribution in [-0.4, -0.2) is 24.6 Å². The molecule has 2 N–H and O–H groups in total. The van der Waals surface area contributed by atoms with Gasteiger partial charge in [0.1, 0.15) is 6.61 Å². The van der Waals surface area contributed by atoms with Gasteiger partial charge in [-0.05, 0) is 23.8 Å². The minimum Gasteiger partial charge on any atom is -0.493 e. The average Bonchev–Trinajstić information content (AvgIpc) is 2.59. The van der Waals surface area contributed by atoms with E-state index >= 15 is 0 Å². The van der Waals surface area contributed by atoms with Crippen LogP contribution in [0.25, 0.3) is 0 Å². The number of non-ortho nitro benzene ring substituents is 1. The number of nitro benzene ring substituents is 1. The van der Waals surface area contributed by atoms with Crippen molar-refractivity contribution in [1.29, 1.82) is 0 Å². The number of carbonyl (C=O) groups is 1. The fourth-order valence-corrected chi connectivity index (χ4v) is 2.07. The van der Waals surface area contributed by atoms with Gasteiger partial charge in [0.15, 0.2) is 11.5 Å². The van der Waals surface area contributed by atoms with E-state index in [-0.39, 0.29) is 35.0 Å². The molecule has 0 radical (unpaired) electrons. The molecule has 0 atom stereocenters. The standard InChI is InChI=1S/C16H14F2N2O6/c1-24-14-6-9(2-5-13(14)26-16(17)18)8-25-15(21)11-4-3-10(20(22)23)7-12(11)19/h2-7,16H,8,19H2,1H3. The van der Waals surface area contributed by atoms with Gasteiger partial charge in [-0.25, -0.2) is 4.79 Å². The number of nitro groups is 1. The molecule has 0 saturated heterocycles. The zero-order chi connectivity index (χ0) is 19.3. The summed E-state index contributed by atoms with van der Waals surface area (Å²) >= 11 is 0. The summed E-state index contributed by atoms with van der Waals surface area (Å²) in [6.45, 7) is -3.20. The highest BCUT2D eigenvalue weighted by Crippen LogP contribution is 2.30. The maximum atomic E-state index is 12.3. The summed E-state index contributed by atoms with van der Waals surface area (Å²) in [6.07, 6.45) is 0. The molecule has 0 unspecified atom stereocenters. The number of ether oxygens (including phenoxy) is 3. The Morgan fingerprint density at radius 1 is 1.23 bits per heavy atom. The van der Waals surface area contributed by atoms with Gasteiger partial charge in [0, 0.05) is 12.1 Å². The van der Waals surface area contributed by atoms with Crippen LogP contribution in [0, 0.1) is 10.1 Å². The van der Waals surface area contributed by atoms with Gasteiger partial charge in [-0.3, -0.25) is 10.1 Å². The third kappa shape index (κ3) is 4.56. The molecule has 0 fully saturated rings. The lowest BCUT2D eigenvalue weighted by atomic mass is 10.1. The maximum absolute atomic E-state index is 12.3. The van der Waals surface area contributed by atoms with Crippen LogP contribution in [0.3, 0.4) is 0 Å². The lowest BCUT2D eigenvalue weighted by Gasteiger charge is -2.12. The number of hydrogen-bond acceptors (Lipinski definition) is 7. The molecule has 0 saturated carbocycles. The number of nitrogen functional groups attached to an aromatic ring is 1. The van der Waals surface area contributed by atoms with Crippen molar-refractivity contribution in [3.05, 3.63) is 57.6 Å². The summed E-state index contributed by atoms with van der Waals surface area (Å²) in [5.41, 5.74) is 5.71. The number of benzene rings is 2. The number of rotatable bonds is 7. The number of alkyl halides is 2. The highest BCUT2D eigenvalue weighted by molar-refractivity contribution is 5.95. The van der Waals surface area contributed by atoms with Gasteiger partial charge in [0.25, 0.3) is 5.69 Å². The van der Waals surface area contributed by atoms with Gasteiger partial charge < -0.3 is 19.9 Å². The van der Waals surface area contributed by atoms with Crippen molar-refractivity contribution < 1.29 is 32.7 Å². The molecule has 0 aliphatic heterocycles. The number of methoxy groups -OCH3 is 1. The van der Waals surface area contributed by atoms with Gasteiger partial charge in [-0.2, -0.15) is 8.78 Å². The van der Waals surface area contributed by atoms with Crippen LogP contribution in [0.4, 0.5) is 20.2 Å². The number of nitrogens with two attached hydrogens (primary N) is 1. The predicted molar refractivity (Wildman–Crippen MR) is 86.3 cm³/mol. The summed E-state index contributed by atoms with van der Waals surface area (Å²) in [5.74, 6) is -0.893. The Morgan fingerprint density at radius 2 is 1.96 bits per heavy atom. The van der Waals surface area contributed by atoms with Crippen LogP contribution in [0.5, 0.6) is 11.5 Å². The Bertz CT molecular complexity index is 828. The second kappa shape index (κ2) is 8.10. The van der Waals surface area contributed by atoms with E-state index in [1.807, 2.05) is 0 Å². The zero-order valence-corrected chi connectivity index (χ0v) is 13.5. The van der Waals surface area contributed by atoms with Crippen LogP contribution in [-0.2, 0) is 11.3 Å². The van der Waals surface area contributed by atoms with Crippen molar-refractivity contribution in [3.63, 3.8) is 0 Å². The number of esters is 1. The normalized spacial score (nSPS) is 10.5. The van der Waals surface area contributed by atoms with E-state index in [4.69, 9.17) is 15.2 Å². The van der Waals surface area contributed by atoms with Crippen LogP contribution >= 0.6 is 0 Å². The molecule has 138 valence electrons. The largest absolute Gasteiger partial charge is 0.493 e. The highest BCUT2D eigenvalue weighted by atomic mass is 19.3. The first-order chi connectivity index (χ1) is 12.3. The summed E-state index contributed by atoms with van der Waals surface area (Å²) < 4.78 is 38.9. The zero-order valence-electron chi connectivity index (χ0n) is 13.5. The van der Waals surface area contributed by atoms with E-state index in [1.165, 1.54) is 31.4 Å². The highest BCUT2D eigenvalue weighted by Gasteiger charge is 2.16. The Balaban J connectivity index is 2.08. The Labute approximate surface area is 146 Å². The van der Waals surface area contributed by atoms with Crippen molar-refractivity contribution in [1.82, 2.24) is 0 Å². The topological polar surface area (TPSA) is 114 Å². The van der Waals surface area contributed by atoms with Crippen molar-refractivity contribution >= 4 is 17.3 Å². The smallest absolute Gasteiger partial charge is 0.387 e. The second-order valence-corrected chi connectivity index (χ2v) is 4.97. The summed E-state index contributed by atoms with van der Waals surface area (Å²) in [4.78, 5) is 22.1. The van der Waals surface area contributed by atoms with Crippen molar-refractivity contribution in [2.24, 2.45) is 0 Å². The molecule has 0 aliphatic rings. The molecular formula is C16H14F2N2O6. The summed E-state index contributed by atoms with van der Waals surface area (Å²) in [7, 11) is 1.28. The Morgan fingerprint density at radius 3 is 2.54 bits per heavy atom. The van der Waals surface area contributed by atoms with Crippen LogP contribution in [0.15, 0.2) is 36.4 Å². The number of carbonyl (C=O) groups excluding carboxylic acids is 1. The van der Waals surface area contributed by atoms with E-state index in [2.05, 4.69) is 4.74 Å². The van der Waals surface area contributed by atoms with Gasteiger partial charge in [-0.15, -0.1) is 0 Å². The third-order valence-electron chi connectivity index (χ3n) is 3.28. The van der Waals surface area contributed by atoms with E-state index < -0.39 is 17.5 Å². The van der Waals surface area contributed by atoms with Gasteiger partial charge in [0.05, 0.1) is 23.3 Å². The molecule has 0 aromatic heterocycles. The molecule has 0 bridgehead atoms. The lowest BCUT2D eigenvalue weighted by Crippen LogP contribution is -2.09. The third-order valence-corrected chi connectivity index (χ3v) is 3.28. The van der Waals surface area contributed by atoms with Gasteiger partial charge >= 0.3 is 12.6 Å². The summed E-state index contributed by atoms with van der Waals surface area (Å²) in [5, 5.41) is 10.7. The van der Waals surface area contributed by atoms with Crippen molar-refractivity contribution in [2.45, 2.75) is 13.2 Å². The molecule has 2 rings (SSSR count). The predicted octanol–water partition coefficient (Wildman–Crippen LogP) is 3.14. The summed E-state index contributed by atoms with van der Waals surface area (Å²) in [6, 6.07) is 7.43. The molecule has 8 nitrogen and oxygen atoms in total. The Kier molecular flexibility index (Phi) is 5.89. The molecule has 10 heteroatoms. The minimum atomic E-state index is -3.00. The van der Waals surface area contributed by atoms with E-state index in [0.717, 1.165) is 12.1 Å².